The number of hydrogen-bond acceptors (Lipinski definition) is 3. The highest BCUT2D eigenvalue weighted by Gasteiger charge is 2.22. The summed E-state index contributed by atoms with van der Waals surface area (Å²) in [7, 11) is 0. The number of nitrogens with zero attached hydrogens (tertiary/aromatic N) is 1. The predicted molar refractivity (Wildman–Crippen MR) is 83.3 cm³/mol. The van der Waals surface area contributed by atoms with Crippen molar-refractivity contribution >= 4 is 17.5 Å². The van der Waals surface area contributed by atoms with Crippen molar-refractivity contribution in [3.05, 3.63) is 29.8 Å². The third kappa shape index (κ3) is 3.82. The molecule has 114 valence electrons. The van der Waals surface area contributed by atoms with Crippen LogP contribution in [-0.4, -0.2) is 42.4 Å². The number of amides is 2. The zero-order valence-corrected chi connectivity index (χ0v) is 12.7. The van der Waals surface area contributed by atoms with Crippen LogP contribution in [0.1, 0.15) is 37.0 Å². The second kappa shape index (κ2) is 7.22. The molecule has 1 aliphatic heterocycles. The van der Waals surface area contributed by atoms with Gasteiger partial charge < -0.3 is 15.5 Å². The van der Waals surface area contributed by atoms with Gasteiger partial charge in [-0.1, -0.05) is 0 Å². The Bertz CT molecular complexity index is 489. The Morgan fingerprint density at radius 1 is 1.24 bits per heavy atom. The van der Waals surface area contributed by atoms with Crippen LogP contribution in [0.15, 0.2) is 24.3 Å². The van der Waals surface area contributed by atoms with E-state index in [0.717, 1.165) is 25.1 Å². The van der Waals surface area contributed by atoms with Gasteiger partial charge >= 0.3 is 0 Å². The van der Waals surface area contributed by atoms with E-state index in [1.54, 1.807) is 29.2 Å². The summed E-state index contributed by atoms with van der Waals surface area (Å²) in [6, 6.07) is 6.99. The lowest BCUT2D eigenvalue weighted by atomic mass is 10.1. The molecule has 0 unspecified atom stereocenters. The minimum atomic E-state index is -0.0954. The molecule has 0 bridgehead atoms. The van der Waals surface area contributed by atoms with Gasteiger partial charge in [0.05, 0.1) is 6.04 Å². The fourth-order valence-corrected chi connectivity index (χ4v) is 2.53. The first kappa shape index (κ1) is 15.5. The zero-order chi connectivity index (χ0) is 15.2. The Hall–Kier alpha value is -1.88. The van der Waals surface area contributed by atoms with Gasteiger partial charge in [0.2, 0.25) is 5.91 Å². The maximum atomic E-state index is 12.2. The number of rotatable bonds is 5. The quantitative estimate of drug-likeness (QED) is 0.870. The van der Waals surface area contributed by atoms with Gasteiger partial charge in [0, 0.05) is 24.3 Å². The SMILES string of the molecule is CCN(CC)C(=O)c1ccc(NC(=O)[C@H]2CCCN2)cc1. The van der Waals surface area contributed by atoms with E-state index in [1.165, 1.54) is 0 Å². The van der Waals surface area contributed by atoms with Crippen LogP contribution in [0.5, 0.6) is 0 Å². The van der Waals surface area contributed by atoms with Crippen molar-refractivity contribution in [2.24, 2.45) is 0 Å². The number of carbonyl (C=O) groups is 2. The number of anilines is 1. The lowest BCUT2D eigenvalue weighted by Gasteiger charge is -2.18. The average molecular weight is 289 g/mol. The monoisotopic (exact) mass is 289 g/mol. The Balaban J connectivity index is 1.98. The summed E-state index contributed by atoms with van der Waals surface area (Å²) in [5.74, 6) is 0.0191. The van der Waals surface area contributed by atoms with Crippen molar-refractivity contribution in [1.82, 2.24) is 10.2 Å². The summed E-state index contributed by atoms with van der Waals surface area (Å²) < 4.78 is 0. The third-order valence-electron chi connectivity index (χ3n) is 3.83. The average Bonchev–Trinajstić information content (AvgIpc) is 3.03. The standard InChI is InChI=1S/C16H23N3O2/c1-3-19(4-2)16(21)12-7-9-13(10-8-12)18-15(20)14-6-5-11-17-14/h7-10,14,17H,3-6,11H2,1-2H3,(H,18,20)/t14-/m1/s1. The molecule has 0 radical (unpaired) electrons. The maximum Gasteiger partial charge on any atom is 0.253 e. The Kier molecular flexibility index (Phi) is 5.33. The molecular formula is C16H23N3O2. The maximum absolute atomic E-state index is 12.2. The molecule has 2 rings (SSSR count). The van der Waals surface area contributed by atoms with Crippen LogP contribution in [0.2, 0.25) is 0 Å². The van der Waals surface area contributed by atoms with Crippen molar-refractivity contribution in [2.45, 2.75) is 32.7 Å². The van der Waals surface area contributed by atoms with Gasteiger partial charge in [0.15, 0.2) is 0 Å². The molecule has 21 heavy (non-hydrogen) atoms. The largest absolute Gasteiger partial charge is 0.339 e. The van der Waals surface area contributed by atoms with Gasteiger partial charge in [-0.2, -0.15) is 0 Å². The van der Waals surface area contributed by atoms with Crippen molar-refractivity contribution in [3.63, 3.8) is 0 Å². The highest BCUT2D eigenvalue weighted by atomic mass is 16.2. The molecule has 2 N–H and O–H groups in total. The molecule has 0 saturated carbocycles. The topological polar surface area (TPSA) is 61.4 Å². The molecule has 2 amide bonds. The molecule has 5 nitrogen and oxygen atoms in total. The van der Waals surface area contributed by atoms with E-state index in [2.05, 4.69) is 10.6 Å². The summed E-state index contributed by atoms with van der Waals surface area (Å²) in [4.78, 5) is 25.9. The summed E-state index contributed by atoms with van der Waals surface area (Å²) in [5.41, 5.74) is 1.38. The van der Waals surface area contributed by atoms with Crippen molar-refractivity contribution in [1.29, 1.82) is 0 Å². The Morgan fingerprint density at radius 2 is 1.90 bits per heavy atom. The number of hydrogen-bond donors (Lipinski definition) is 2. The second-order valence-electron chi connectivity index (χ2n) is 5.19. The van der Waals surface area contributed by atoms with Gasteiger partial charge in [0.25, 0.3) is 5.91 Å². The summed E-state index contributed by atoms with van der Waals surface area (Å²) in [5, 5.41) is 6.04. The summed E-state index contributed by atoms with van der Waals surface area (Å²) in [6.45, 7) is 6.22. The molecule has 0 aromatic heterocycles. The van der Waals surface area contributed by atoms with Crippen molar-refractivity contribution in [3.8, 4) is 0 Å². The fraction of sp³-hybridized carbons (Fsp3) is 0.500. The lowest BCUT2D eigenvalue weighted by Crippen LogP contribution is -2.35. The molecule has 1 fully saturated rings. The van der Waals surface area contributed by atoms with Crippen LogP contribution < -0.4 is 10.6 Å². The van der Waals surface area contributed by atoms with Crippen LogP contribution >= 0.6 is 0 Å². The Labute approximate surface area is 125 Å². The molecule has 0 spiro atoms. The van der Waals surface area contributed by atoms with Crippen LogP contribution in [0.3, 0.4) is 0 Å². The van der Waals surface area contributed by atoms with E-state index in [1.807, 2.05) is 13.8 Å². The van der Waals surface area contributed by atoms with Crippen molar-refractivity contribution in [2.75, 3.05) is 25.0 Å². The van der Waals surface area contributed by atoms with Gasteiger partial charge in [-0.15, -0.1) is 0 Å². The molecule has 1 aliphatic rings. The smallest absolute Gasteiger partial charge is 0.253 e. The first-order valence-electron chi connectivity index (χ1n) is 7.59. The van der Waals surface area contributed by atoms with E-state index < -0.39 is 0 Å². The first-order chi connectivity index (χ1) is 10.2. The molecule has 1 aromatic rings. The lowest BCUT2D eigenvalue weighted by molar-refractivity contribution is -0.117. The zero-order valence-electron chi connectivity index (χ0n) is 12.7. The Morgan fingerprint density at radius 3 is 2.43 bits per heavy atom. The van der Waals surface area contributed by atoms with Gasteiger partial charge in [-0.25, -0.2) is 0 Å². The van der Waals surface area contributed by atoms with Crippen LogP contribution in [0.4, 0.5) is 5.69 Å². The molecule has 1 aromatic carbocycles. The van der Waals surface area contributed by atoms with E-state index in [0.29, 0.717) is 18.7 Å². The molecule has 5 heteroatoms. The van der Waals surface area contributed by atoms with E-state index in [-0.39, 0.29) is 17.9 Å². The fourth-order valence-electron chi connectivity index (χ4n) is 2.53. The first-order valence-corrected chi connectivity index (χ1v) is 7.59. The molecular weight excluding hydrogens is 266 g/mol. The van der Waals surface area contributed by atoms with Crippen molar-refractivity contribution < 1.29 is 9.59 Å². The van der Waals surface area contributed by atoms with E-state index in [4.69, 9.17) is 0 Å². The summed E-state index contributed by atoms with van der Waals surface area (Å²) >= 11 is 0. The van der Waals surface area contributed by atoms with E-state index in [9.17, 15) is 9.59 Å². The minimum absolute atomic E-state index is 0.00433. The molecule has 0 aliphatic carbocycles. The van der Waals surface area contributed by atoms with Gasteiger partial charge in [-0.3, -0.25) is 9.59 Å². The number of carbonyl (C=O) groups excluding carboxylic acids is 2. The van der Waals surface area contributed by atoms with E-state index >= 15 is 0 Å². The van der Waals surface area contributed by atoms with Crippen LogP contribution in [0.25, 0.3) is 0 Å². The molecule has 1 atom stereocenters. The second-order valence-corrected chi connectivity index (χ2v) is 5.19. The van der Waals surface area contributed by atoms with Gasteiger partial charge in [0.1, 0.15) is 0 Å². The highest BCUT2D eigenvalue weighted by Crippen LogP contribution is 2.13. The summed E-state index contributed by atoms with van der Waals surface area (Å²) in [6.07, 6.45) is 1.92. The number of nitrogens with one attached hydrogen (secondary N) is 2. The highest BCUT2D eigenvalue weighted by molar-refractivity contribution is 5.97. The molecule has 1 heterocycles. The van der Waals surface area contributed by atoms with Crippen LogP contribution in [0, 0.1) is 0 Å². The third-order valence-corrected chi connectivity index (χ3v) is 3.83. The number of benzene rings is 1. The van der Waals surface area contributed by atoms with Gasteiger partial charge in [-0.05, 0) is 57.5 Å². The minimum Gasteiger partial charge on any atom is -0.339 e. The van der Waals surface area contributed by atoms with Crippen LogP contribution in [-0.2, 0) is 4.79 Å². The normalized spacial score (nSPS) is 17.5. The predicted octanol–water partition coefficient (Wildman–Crippen LogP) is 1.86. The molecule has 1 saturated heterocycles.